The number of hydrogen-bond donors (Lipinski definition) is 1. The third-order valence-corrected chi connectivity index (χ3v) is 4.49. The van der Waals surface area contributed by atoms with Crippen molar-refractivity contribution in [2.24, 2.45) is 11.3 Å². The zero-order valence-electron chi connectivity index (χ0n) is 12.2. The smallest absolute Gasteiger partial charge is 0.0507 e. The van der Waals surface area contributed by atoms with Gasteiger partial charge in [0.2, 0.25) is 0 Å². The number of rotatable bonds is 5. The summed E-state index contributed by atoms with van der Waals surface area (Å²) in [6, 6.07) is 0. The van der Waals surface area contributed by atoms with Crippen molar-refractivity contribution in [1.82, 2.24) is 10.2 Å². The number of hydrogen-bond acceptors (Lipinski definition) is 3. The zero-order valence-corrected chi connectivity index (χ0v) is 12.2. The Labute approximate surface area is 112 Å². The molecule has 0 aromatic carbocycles. The minimum Gasteiger partial charge on any atom is -0.381 e. The standard InChI is InChI=1S/C15H30N2O/c1-15(2)5-3-8-17(9-6-15)10-7-16-12-14-4-11-18-13-14/h14,16H,3-13H2,1-2H3. The van der Waals surface area contributed by atoms with Gasteiger partial charge in [-0.25, -0.2) is 0 Å². The average Bonchev–Trinajstić information content (AvgIpc) is 2.77. The number of likely N-dealkylation sites (tertiary alicyclic amines) is 1. The van der Waals surface area contributed by atoms with Crippen LogP contribution in [0.3, 0.4) is 0 Å². The second kappa shape index (κ2) is 6.88. The van der Waals surface area contributed by atoms with Gasteiger partial charge in [0.05, 0.1) is 6.61 Å². The molecule has 3 heteroatoms. The summed E-state index contributed by atoms with van der Waals surface area (Å²) < 4.78 is 5.39. The van der Waals surface area contributed by atoms with Crippen molar-refractivity contribution in [1.29, 1.82) is 0 Å². The van der Waals surface area contributed by atoms with Gasteiger partial charge in [0, 0.05) is 26.2 Å². The Morgan fingerprint density at radius 1 is 1.28 bits per heavy atom. The molecular formula is C15H30N2O. The van der Waals surface area contributed by atoms with E-state index in [-0.39, 0.29) is 0 Å². The predicted molar refractivity (Wildman–Crippen MR) is 75.9 cm³/mol. The maximum absolute atomic E-state index is 5.39. The minimum atomic E-state index is 0.559. The average molecular weight is 254 g/mol. The Hall–Kier alpha value is -0.120. The lowest BCUT2D eigenvalue weighted by molar-refractivity contribution is 0.184. The van der Waals surface area contributed by atoms with Gasteiger partial charge in [0.25, 0.3) is 0 Å². The first-order chi connectivity index (χ1) is 8.66. The molecule has 0 bridgehead atoms. The Bertz CT molecular complexity index is 237. The van der Waals surface area contributed by atoms with Crippen molar-refractivity contribution in [2.75, 3.05) is 45.9 Å². The summed E-state index contributed by atoms with van der Waals surface area (Å²) in [5.74, 6) is 0.757. The molecule has 0 spiro atoms. The van der Waals surface area contributed by atoms with Crippen molar-refractivity contribution in [3.8, 4) is 0 Å². The van der Waals surface area contributed by atoms with E-state index in [0.29, 0.717) is 5.41 Å². The summed E-state index contributed by atoms with van der Waals surface area (Å²) in [7, 11) is 0. The first-order valence-corrected chi connectivity index (χ1v) is 7.66. The molecule has 0 aromatic rings. The summed E-state index contributed by atoms with van der Waals surface area (Å²) in [6.45, 7) is 12.8. The summed E-state index contributed by atoms with van der Waals surface area (Å²) in [5.41, 5.74) is 0.559. The molecule has 2 fully saturated rings. The number of ether oxygens (including phenoxy) is 1. The number of nitrogens with one attached hydrogen (secondary N) is 1. The highest BCUT2D eigenvalue weighted by Gasteiger charge is 2.22. The molecule has 2 saturated heterocycles. The van der Waals surface area contributed by atoms with Crippen LogP contribution in [0.1, 0.15) is 39.5 Å². The molecule has 1 atom stereocenters. The molecule has 0 aliphatic carbocycles. The molecule has 3 nitrogen and oxygen atoms in total. The SMILES string of the molecule is CC1(C)CCCN(CCNCC2CCOC2)CC1. The molecule has 18 heavy (non-hydrogen) atoms. The highest BCUT2D eigenvalue weighted by Crippen LogP contribution is 2.29. The minimum absolute atomic E-state index is 0.559. The van der Waals surface area contributed by atoms with E-state index in [1.54, 1.807) is 0 Å². The summed E-state index contributed by atoms with van der Waals surface area (Å²) >= 11 is 0. The molecule has 2 aliphatic heterocycles. The van der Waals surface area contributed by atoms with Crippen LogP contribution >= 0.6 is 0 Å². The highest BCUT2D eigenvalue weighted by atomic mass is 16.5. The Morgan fingerprint density at radius 2 is 2.17 bits per heavy atom. The maximum Gasteiger partial charge on any atom is 0.0507 e. The Morgan fingerprint density at radius 3 is 2.94 bits per heavy atom. The van der Waals surface area contributed by atoms with Crippen molar-refractivity contribution >= 4 is 0 Å². The van der Waals surface area contributed by atoms with Crippen LogP contribution in [0.25, 0.3) is 0 Å². The molecule has 0 saturated carbocycles. The summed E-state index contributed by atoms with van der Waals surface area (Å²) in [6.07, 6.45) is 5.34. The molecule has 106 valence electrons. The summed E-state index contributed by atoms with van der Waals surface area (Å²) in [5, 5.41) is 3.59. The van der Waals surface area contributed by atoms with Crippen LogP contribution in [0.5, 0.6) is 0 Å². The predicted octanol–water partition coefficient (Wildman–Crippen LogP) is 2.12. The van der Waals surface area contributed by atoms with E-state index in [1.807, 2.05) is 0 Å². The summed E-state index contributed by atoms with van der Waals surface area (Å²) in [4.78, 5) is 2.63. The van der Waals surface area contributed by atoms with Gasteiger partial charge in [0.15, 0.2) is 0 Å². The lowest BCUT2D eigenvalue weighted by Crippen LogP contribution is -2.35. The quantitative estimate of drug-likeness (QED) is 0.761. The molecule has 2 rings (SSSR count). The molecule has 0 aromatic heterocycles. The van der Waals surface area contributed by atoms with E-state index in [0.717, 1.165) is 32.2 Å². The van der Waals surface area contributed by atoms with Crippen LogP contribution < -0.4 is 5.32 Å². The third kappa shape index (κ3) is 4.87. The van der Waals surface area contributed by atoms with E-state index >= 15 is 0 Å². The molecule has 0 amide bonds. The Balaban J connectivity index is 1.55. The van der Waals surface area contributed by atoms with Gasteiger partial charge in [-0.1, -0.05) is 13.8 Å². The highest BCUT2D eigenvalue weighted by molar-refractivity contribution is 4.76. The molecular weight excluding hydrogens is 224 g/mol. The van der Waals surface area contributed by atoms with E-state index in [1.165, 1.54) is 45.3 Å². The van der Waals surface area contributed by atoms with Crippen LogP contribution in [-0.2, 0) is 4.74 Å². The Kier molecular flexibility index (Phi) is 5.46. The van der Waals surface area contributed by atoms with Gasteiger partial charge in [-0.2, -0.15) is 0 Å². The fourth-order valence-electron chi connectivity index (χ4n) is 2.99. The second-order valence-corrected chi connectivity index (χ2v) is 6.79. The van der Waals surface area contributed by atoms with Crippen LogP contribution in [0, 0.1) is 11.3 Å². The normalized spacial score (nSPS) is 29.3. The monoisotopic (exact) mass is 254 g/mol. The molecule has 1 unspecified atom stereocenters. The van der Waals surface area contributed by atoms with Gasteiger partial charge < -0.3 is 15.0 Å². The lowest BCUT2D eigenvalue weighted by Gasteiger charge is -2.23. The first kappa shape index (κ1) is 14.3. The van der Waals surface area contributed by atoms with Crippen molar-refractivity contribution in [2.45, 2.75) is 39.5 Å². The fraction of sp³-hybridized carbons (Fsp3) is 1.00. The van der Waals surface area contributed by atoms with E-state index in [4.69, 9.17) is 4.74 Å². The van der Waals surface area contributed by atoms with Gasteiger partial charge >= 0.3 is 0 Å². The molecule has 1 N–H and O–H groups in total. The number of nitrogens with zero attached hydrogens (tertiary/aromatic N) is 1. The topological polar surface area (TPSA) is 24.5 Å². The van der Waals surface area contributed by atoms with Gasteiger partial charge in [-0.15, -0.1) is 0 Å². The van der Waals surface area contributed by atoms with Gasteiger partial charge in [-0.3, -0.25) is 0 Å². The zero-order chi connectivity index (χ0) is 12.8. The maximum atomic E-state index is 5.39. The van der Waals surface area contributed by atoms with Gasteiger partial charge in [0.1, 0.15) is 0 Å². The van der Waals surface area contributed by atoms with E-state index in [9.17, 15) is 0 Å². The van der Waals surface area contributed by atoms with Crippen molar-refractivity contribution in [3.05, 3.63) is 0 Å². The van der Waals surface area contributed by atoms with Crippen LogP contribution in [-0.4, -0.2) is 50.8 Å². The third-order valence-electron chi connectivity index (χ3n) is 4.49. The van der Waals surface area contributed by atoms with Crippen LogP contribution in [0.15, 0.2) is 0 Å². The van der Waals surface area contributed by atoms with Gasteiger partial charge in [-0.05, 0) is 50.1 Å². The van der Waals surface area contributed by atoms with Crippen LogP contribution in [0.2, 0.25) is 0 Å². The largest absolute Gasteiger partial charge is 0.381 e. The van der Waals surface area contributed by atoms with E-state index in [2.05, 4.69) is 24.1 Å². The van der Waals surface area contributed by atoms with Crippen molar-refractivity contribution < 1.29 is 4.74 Å². The molecule has 0 radical (unpaired) electrons. The molecule has 2 heterocycles. The second-order valence-electron chi connectivity index (χ2n) is 6.79. The van der Waals surface area contributed by atoms with Crippen LogP contribution in [0.4, 0.5) is 0 Å². The first-order valence-electron chi connectivity index (χ1n) is 7.66. The lowest BCUT2D eigenvalue weighted by atomic mass is 9.85. The van der Waals surface area contributed by atoms with E-state index < -0.39 is 0 Å². The molecule has 2 aliphatic rings. The fourth-order valence-corrected chi connectivity index (χ4v) is 2.99. The van der Waals surface area contributed by atoms with Crippen molar-refractivity contribution in [3.63, 3.8) is 0 Å².